The molecule has 5 nitrogen and oxygen atoms in total. The summed E-state index contributed by atoms with van der Waals surface area (Å²) < 4.78 is 31.5. The monoisotopic (exact) mass is 347 g/mol. The van der Waals surface area contributed by atoms with Crippen LogP contribution in [-0.2, 0) is 26.0 Å². The van der Waals surface area contributed by atoms with E-state index < -0.39 is 16.0 Å². The van der Waals surface area contributed by atoms with E-state index in [9.17, 15) is 13.2 Å². The Morgan fingerprint density at radius 1 is 1.04 bits per heavy atom. The Hall–Kier alpha value is -2.18. The highest BCUT2D eigenvalue weighted by Crippen LogP contribution is 2.17. The molecule has 0 radical (unpaired) electrons. The van der Waals surface area contributed by atoms with Gasteiger partial charge in [-0.15, -0.1) is 0 Å². The third-order valence-electron chi connectivity index (χ3n) is 3.68. The molecule has 24 heavy (non-hydrogen) atoms. The smallest absolute Gasteiger partial charge is 0.321 e. The van der Waals surface area contributed by atoms with Gasteiger partial charge in [-0.1, -0.05) is 48.0 Å². The highest BCUT2D eigenvalue weighted by molar-refractivity contribution is 7.89. The second-order valence-corrected chi connectivity index (χ2v) is 7.40. The molecule has 0 fully saturated rings. The summed E-state index contributed by atoms with van der Waals surface area (Å²) in [5.74, 6) is -0.584. The number of aryl methyl sites for hydroxylation is 1. The van der Waals surface area contributed by atoms with Crippen LogP contribution in [0, 0.1) is 6.92 Å². The van der Waals surface area contributed by atoms with E-state index >= 15 is 0 Å². The molecule has 2 rings (SSSR count). The molecule has 0 atom stereocenters. The zero-order valence-electron chi connectivity index (χ0n) is 13.8. The molecule has 0 aromatic heterocycles. The molecule has 2 aromatic carbocycles. The number of methoxy groups -OCH3 is 1. The van der Waals surface area contributed by atoms with Crippen molar-refractivity contribution in [2.24, 2.45) is 0 Å². The number of hydrogen-bond acceptors (Lipinski definition) is 4. The predicted octanol–water partition coefficient (Wildman–Crippen LogP) is 2.40. The first-order valence-corrected chi connectivity index (χ1v) is 9.05. The van der Waals surface area contributed by atoms with Crippen LogP contribution in [0.1, 0.15) is 11.1 Å². The maximum atomic E-state index is 12.8. The van der Waals surface area contributed by atoms with Crippen LogP contribution in [0.4, 0.5) is 0 Å². The van der Waals surface area contributed by atoms with Gasteiger partial charge in [-0.25, -0.2) is 8.42 Å². The topological polar surface area (TPSA) is 63.7 Å². The number of nitrogens with zero attached hydrogens (tertiary/aromatic N) is 1. The summed E-state index contributed by atoms with van der Waals surface area (Å²) in [4.78, 5) is 11.8. The van der Waals surface area contributed by atoms with Crippen LogP contribution in [0.25, 0.3) is 0 Å². The maximum Gasteiger partial charge on any atom is 0.321 e. The number of esters is 1. The molecule has 0 saturated carbocycles. The first kappa shape index (κ1) is 18.2. The highest BCUT2D eigenvalue weighted by atomic mass is 32.2. The van der Waals surface area contributed by atoms with Crippen LogP contribution in [-0.4, -0.2) is 38.9 Å². The van der Waals surface area contributed by atoms with Crippen LogP contribution >= 0.6 is 0 Å². The number of rotatable bonds is 7. The molecular formula is C18H21NO4S. The fourth-order valence-corrected chi connectivity index (χ4v) is 3.64. The highest BCUT2D eigenvalue weighted by Gasteiger charge is 2.26. The number of carbonyl (C=O) groups excluding carboxylic acids is 1. The molecule has 0 spiro atoms. The zero-order chi connectivity index (χ0) is 17.6. The Balaban J connectivity index is 2.23. The van der Waals surface area contributed by atoms with Gasteiger partial charge in [-0.3, -0.25) is 4.79 Å². The number of ether oxygens (including phenoxy) is 1. The lowest BCUT2D eigenvalue weighted by Gasteiger charge is -2.21. The van der Waals surface area contributed by atoms with E-state index in [-0.39, 0.29) is 18.0 Å². The molecule has 0 aliphatic rings. The van der Waals surface area contributed by atoms with Crippen molar-refractivity contribution in [3.8, 4) is 0 Å². The zero-order valence-corrected chi connectivity index (χ0v) is 14.6. The normalized spacial score (nSPS) is 11.5. The Kier molecular flexibility index (Phi) is 6.11. The molecule has 0 amide bonds. The lowest BCUT2D eigenvalue weighted by atomic mass is 10.1. The summed E-state index contributed by atoms with van der Waals surface area (Å²) in [5, 5.41) is 0. The lowest BCUT2D eigenvalue weighted by Crippen LogP contribution is -2.37. The van der Waals surface area contributed by atoms with E-state index in [1.165, 1.54) is 7.11 Å². The Morgan fingerprint density at radius 3 is 2.25 bits per heavy atom. The minimum Gasteiger partial charge on any atom is -0.468 e. The lowest BCUT2D eigenvalue weighted by molar-refractivity contribution is -0.140. The second-order valence-electron chi connectivity index (χ2n) is 5.46. The van der Waals surface area contributed by atoms with Gasteiger partial charge in [0.25, 0.3) is 0 Å². The Morgan fingerprint density at radius 2 is 1.67 bits per heavy atom. The molecule has 0 N–H and O–H groups in total. The third kappa shape index (κ3) is 4.66. The molecule has 0 heterocycles. The van der Waals surface area contributed by atoms with Gasteiger partial charge in [0, 0.05) is 6.54 Å². The third-order valence-corrected chi connectivity index (χ3v) is 5.54. The number of benzene rings is 2. The Bertz CT molecular complexity index is 770. The van der Waals surface area contributed by atoms with Gasteiger partial charge in [0.1, 0.15) is 6.54 Å². The summed E-state index contributed by atoms with van der Waals surface area (Å²) in [7, 11) is -2.51. The fourth-order valence-electron chi connectivity index (χ4n) is 2.25. The maximum absolute atomic E-state index is 12.8. The Labute approximate surface area is 142 Å². The van der Waals surface area contributed by atoms with Crippen molar-refractivity contribution < 1.29 is 17.9 Å². The number of sulfonamides is 1. The molecular weight excluding hydrogens is 326 g/mol. The average Bonchev–Trinajstić information content (AvgIpc) is 2.59. The van der Waals surface area contributed by atoms with Crippen molar-refractivity contribution in [1.29, 1.82) is 0 Å². The fraction of sp³-hybridized carbons (Fsp3) is 0.278. The van der Waals surface area contributed by atoms with Crippen molar-refractivity contribution in [3.63, 3.8) is 0 Å². The van der Waals surface area contributed by atoms with Crippen molar-refractivity contribution >= 4 is 16.0 Å². The van der Waals surface area contributed by atoms with E-state index in [1.54, 1.807) is 24.3 Å². The SMILES string of the molecule is COC(=O)CN(CCc1ccccc1)S(=O)(=O)c1ccc(C)cc1. The summed E-state index contributed by atoms with van der Waals surface area (Å²) in [6, 6.07) is 16.1. The average molecular weight is 347 g/mol. The molecule has 0 saturated heterocycles. The molecule has 0 unspecified atom stereocenters. The second kappa shape index (κ2) is 8.08. The molecule has 2 aromatic rings. The van der Waals surface area contributed by atoms with E-state index in [0.29, 0.717) is 6.42 Å². The van der Waals surface area contributed by atoms with Crippen LogP contribution < -0.4 is 0 Å². The molecule has 128 valence electrons. The summed E-state index contributed by atoms with van der Waals surface area (Å²) in [5.41, 5.74) is 1.98. The van der Waals surface area contributed by atoms with Gasteiger partial charge in [0.2, 0.25) is 10.0 Å². The molecule has 6 heteroatoms. The van der Waals surface area contributed by atoms with E-state index in [1.807, 2.05) is 37.3 Å². The summed E-state index contributed by atoms with van der Waals surface area (Å²) >= 11 is 0. The van der Waals surface area contributed by atoms with Gasteiger partial charge in [0.15, 0.2) is 0 Å². The largest absolute Gasteiger partial charge is 0.468 e. The van der Waals surface area contributed by atoms with E-state index in [0.717, 1.165) is 15.4 Å². The van der Waals surface area contributed by atoms with Gasteiger partial charge in [-0.2, -0.15) is 4.31 Å². The molecule has 0 bridgehead atoms. The number of carbonyl (C=O) groups is 1. The van der Waals surface area contributed by atoms with Crippen LogP contribution in [0.3, 0.4) is 0 Å². The van der Waals surface area contributed by atoms with Gasteiger partial charge >= 0.3 is 5.97 Å². The minimum atomic E-state index is -3.76. The van der Waals surface area contributed by atoms with Crippen LogP contribution in [0.5, 0.6) is 0 Å². The predicted molar refractivity (Wildman–Crippen MR) is 92.1 cm³/mol. The van der Waals surface area contributed by atoms with E-state index in [2.05, 4.69) is 4.74 Å². The quantitative estimate of drug-likeness (QED) is 0.722. The standard InChI is InChI=1S/C18H21NO4S/c1-15-8-10-17(11-9-15)24(21,22)19(14-18(20)23-2)13-12-16-6-4-3-5-7-16/h3-11H,12-14H2,1-2H3. The van der Waals surface area contributed by atoms with Gasteiger partial charge in [0.05, 0.1) is 12.0 Å². The first-order chi connectivity index (χ1) is 11.4. The summed E-state index contributed by atoms with van der Waals surface area (Å²) in [6.45, 7) is 1.78. The van der Waals surface area contributed by atoms with Crippen molar-refractivity contribution in [2.75, 3.05) is 20.2 Å². The minimum absolute atomic E-state index is 0.171. The van der Waals surface area contributed by atoms with Crippen LogP contribution in [0.15, 0.2) is 59.5 Å². The van der Waals surface area contributed by atoms with Crippen molar-refractivity contribution in [3.05, 3.63) is 65.7 Å². The van der Waals surface area contributed by atoms with Crippen molar-refractivity contribution in [2.45, 2.75) is 18.2 Å². The summed E-state index contributed by atoms with van der Waals surface area (Å²) in [6.07, 6.45) is 0.517. The first-order valence-electron chi connectivity index (χ1n) is 7.61. The number of hydrogen-bond donors (Lipinski definition) is 0. The van der Waals surface area contributed by atoms with Crippen LogP contribution in [0.2, 0.25) is 0 Å². The van der Waals surface area contributed by atoms with E-state index in [4.69, 9.17) is 0 Å². The van der Waals surface area contributed by atoms with Crippen molar-refractivity contribution in [1.82, 2.24) is 4.31 Å². The van der Waals surface area contributed by atoms with Gasteiger partial charge in [-0.05, 0) is 31.0 Å². The van der Waals surface area contributed by atoms with Gasteiger partial charge < -0.3 is 4.74 Å². The molecule has 0 aliphatic heterocycles. The molecule has 0 aliphatic carbocycles.